The van der Waals surface area contributed by atoms with Crippen LogP contribution in [0.4, 0.5) is 0 Å². The number of nitrogens with zero attached hydrogens (tertiary/aromatic N) is 2. The van der Waals surface area contributed by atoms with Gasteiger partial charge in [-0.25, -0.2) is 0 Å². The normalized spacial score (nSPS) is 24.6. The van der Waals surface area contributed by atoms with E-state index in [0.717, 1.165) is 24.4 Å². The van der Waals surface area contributed by atoms with Crippen molar-refractivity contribution in [3.63, 3.8) is 0 Å². The van der Waals surface area contributed by atoms with Gasteiger partial charge in [-0.15, -0.1) is 11.3 Å². The Balaban J connectivity index is 1.60. The molecule has 0 aliphatic carbocycles. The summed E-state index contributed by atoms with van der Waals surface area (Å²) in [6.07, 6.45) is 4.87. The molecule has 3 nitrogen and oxygen atoms in total. The van der Waals surface area contributed by atoms with Crippen LogP contribution in [-0.4, -0.2) is 54.3 Å². The lowest BCUT2D eigenvalue weighted by Gasteiger charge is -2.24. The molecular weight excluding hydrogens is 268 g/mol. The Morgan fingerprint density at radius 3 is 2.95 bits per heavy atom. The molecule has 0 saturated carbocycles. The number of rotatable bonds is 4. The molecule has 2 fully saturated rings. The van der Waals surface area contributed by atoms with E-state index >= 15 is 0 Å². The van der Waals surface area contributed by atoms with Crippen molar-refractivity contribution in [2.24, 2.45) is 0 Å². The van der Waals surface area contributed by atoms with Crippen molar-refractivity contribution < 1.29 is 4.79 Å². The zero-order valence-corrected chi connectivity index (χ0v) is 13.1. The van der Waals surface area contributed by atoms with Crippen molar-refractivity contribution in [1.82, 2.24) is 9.80 Å². The second-order valence-corrected chi connectivity index (χ2v) is 7.13. The fourth-order valence-corrected chi connectivity index (χ4v) is 4.30. The molecule has 0 amide bonds. The predicted molar refractivity (Wildman–Crippen MR) is 83.7 cm³/mol. The fourth-order valence-electron chi connectivity index (χ4n) is 3.43. The van der Waals surface area contributed by atoms with Gasteiger partial charge in [0.2, 0.25) is 0 Å². The number of fused-ring (bicyclic) bond motifs is 1. The lowest BCUT2D eigenvalue weighted by atomic mass is 10.2. The smallest absolute Gasteiger partial charge is 0.186 e. The van der Waals surface area contributed by atoms with Crippen molar-refractivity contribution in [3.05, 3.63) is 21.9 Å². The highest BCUT2D eigenvalue weighted by molar-refractivity contribution is 7.14. The Labute approximate surface area is 125 Å². The van der Waals surface area contributed by atoms with Gasteiger partial charge in [0.15, 0.2) is 5.78 Å². The summed E-state index contributed by atoms with van der Waals surface area (Å²) in [7, 11) is 0. The zero-order chi connectivity index (χ0) is 13.9. The van der Waals surface area contributed by atoms with Crippen LogP contribution < -0.4 is 0 Å². The third-order valence-corrected chi connectivity index (χ3v) is 5.81. The van der Waals surface area contributed by atoms with Gasteiger partial charge in [-0.2, -0.15) is 0 Å². The summed E-state index contributed by atoms with van der Waals surface area (Å²) < 4.78 is 0. The molecule has 3 heterocycles. The van der Waals surface area contributed by atoms with Gasteiger partial charge in [-0.05, 0) is 57.5 Å². The molecule has 1 aromatic rings. The molecule has 2 saturated heterocycles. The number of carbonyl (C=O) groups is 1. The van der Waals surface area contributed by atoms with Crippen LogP contribution >= 0.6 is 11.3 Å². The molecule has 0 spiro atoms. The minimum absolute atomic E-state index is 0.307. The van der Waals surface area contributed by atoms with Crippen LogP contribution in [0.25, 0.3) is 0 Å². The van der Waals surface area contributed by atoms with Crippen molar-refractivity contribution in [2.45, 2.75) is 38.6 Å². The minimum Gasteiger partial charge on any atom is -0.299 e. The number of aryl methyl sites for hydroxylation is 1. The van der Waals surface area contributed by atoms with E-state index in [2.05, 4.69) is 22.8 Å². The van der Waals surface area contributed by atoms with E-state index in [1.165, 1.54) is 37.2 Å². The molecule has 0 aromatic carbocycles. The van der Waals surface area contributed by atoms with E-state index in [1.54, 1.807) is 11.3 Å². The van der Waals surface area contributed by atoms with Crippen molar-refractivity contribution >= 4 is 17.1 Å². The molecule has 0 bridgehead atoms. The summed E-state index contributed by atoms with van der Waals surface area (Å²) >= 11 is 1.67. The molecule has 1 unspecified atom stereocenters. The number of thiophene rings is 1. The summed E-state index contributed by atoms with van der Waals surface area (Å²) in [5, 5.41) is 0. The van der Waals surface area contributed by atoms with E-state index in [4.69, 9.17) is 0 Å². The van der Waals surface area contributed by atoms with Crippen molar-refractivity contribution in [3.8, 4) is 0 Å². The first-order valence-corrected chi connectivity index (χ1v) is 8.66. The molecule has 3 rings (SSSR count). The van der Waals surface area contributed by atoms with Crippen LogP contribution in [-0.2, 0) is 6.42 Å². The van der Waals surface area contributed by atoms with Crippen LogP contribution in [0.1, 0.15) is 40.7 Å². The zero-order valence-electron chi connectivity index (χ0n) is 12.3. The van der Waals surface area contributed by atoms with E-state index in [9.17, 15) is 4.79 Å². The largest absolute Gasteiger partial charge is 0.299 e. The molecule has 4 heteroatoms. The highest BCUT2D eigenvalue weighted by atomic mass is 32.1. The fraction of sp³-hybridized carbons (Fsp3) is 0.688. The average Bonchev–Trinajstić information content (AvgIpc) is 3.05. The van der Waals surface area contributed by atoms with Gasteiger partial charge in [0.25, 0.3) is 0 Å². The van der Waals surface area contributed by atoms with Gasteiger partial charge in [-0.1, -0.05) is 6.92 Å². The number of carbonyl (C=O) groups excluding carboxylic acids is 1. The van der Waals surface area contributed by atoms with Crippen LogP contribution in [0.5, 0.6) is 0 Å². The summed E-state index contributed by atoms with van der Waals surface area (Å²) in [6.45, 7) is 7.38. The third-order valence-electron chi connectivity index (χ3n) is 4.54. The number of hydrogen-bond donors (Lipinski definition) is 0. The standard InChI is InChI=1S/C16H24N2OS/c1-2-14-6-7-16(20-14)15(19)12-17-8-4-10-18-9-3-5-13(18)11-17/h6-7,13H,2-5,8-12H2,1H3. The molecular formula is C16H24N2OS. The number of ketones is 1. The molecule has 1 aromatic heterocycles. The number of hydrogen-bond acceptors (Lipinski definition) is 4. The van der Waals surface area contributed by atoms with Crippen molar-refractivity contribution in [1.29, 1.82) is 0 Å². The molecule has 2 aliphatic rings. The Hall–Kier alpha value is -0.710. The van der Waals surface area contributed by atoms with Crippen molar-refractivity contribution in [2.75, 3.05) is 32.7 Å². The molecule has 20 heavy (non-hydrogen) atoms. The van der Waals surface area contributed by atoms with Gasteiger partial charge in [-0.3, -0.25) is 14.6 Å². The molecule has 2 aliphatic heterocycles. The van der Waals surface area contributed by atoms with Crippen LogP contribution in [0.2, 0.25) is 0 Å². The summed E-state index contributed by atoms with van der Waals surface area (Å²) in [5.41, 5.74) is 0. The second-order valence-electron chi connectivity index (χ2n) is 5.96. The maximum Gasteiger partial charge on any atom is 0.186 e. The lowest BCUT2D eigenvalue weighted by molar-refractivity contribution is 0.0929. The van der Waals surface area contributed by atoms with Gasteiger partial charge in [0, 0.05) is 17.5 Å². The Kier molecular flexibility index (Phi) is 4.54. The first-order chi connectivity index (χ1) is 9.76. The van der Waals surface area contributed by atoms with Gasteiger partial charge >= 0.3 is 0 Å². The summed E-state index contributed by atoms with van der Waals surface area (Å²) in [4.78, 5) is 19.6. The summed E-state index contributed by atoms with van der Waals surface area (Å²) in [5.74, 6) is 0.307. The van der Waals surface area contributed by atoms with E-state index in [1.807, 2.05) is 6.07 Å². The van der Waals surface area contributed by atoms with Crippen LogP contribution in [0, 0.1) is 0 Å². The molecule has 0 radical (unpaired) electrons. The summed E-state index contributed by atoms with van der Waals surface area (Å²) in [6, 6.07) is 4.80. The molecule has 1 atom stereocenters. The maximum absolute atomic E-state index is 12.4. The lowest BCUT2D eigenvalue weighted by Crippen LogP contribution is -2.38. The van der Waals surface area contributed by atoms with E-state index < -0.39 is 0 Å². The van der Waals surface area contributed by atoms with E-state index in [-0.39, 0.29) is 0 Å². The first-order valence-electron chi connectivity index (χ1n) is 7.84. The molecule has 110 valence electrons. The predicted octanol–water partition coefficient (Wildman–Crippen LogP) is 2.66. The van der Waals surface area contributed by atoms with Gasteiger partial charge in [0.1, 0.15) is 0 Å². The Bertz CT molecular complexity index is 471. The third kappa shape index (κ3) is 3.13. The highest BCUT2D eigenvalue weighted by Crippen LogP contribution is 2.22. The second kappa shape index (κ2) is 6.37. The minimum atomic E-state index is 0.307. The quantitative estimate of drug-likeness (QED) is 0.797. The average molecular weight is 292 g/mol. The monoisotopic (exact) mass is 292 g/mol. The van der Waals surface area contributed by atoms with Crippen LogP contribution in [0.3, 0.4) is 0 Å². The Morgan fingerprint density at radius 2 is 2.15 bits per heavy atom. The van der Waals surface area contributed by atoms with Gasteiger partial charge in [0.05, 0.1) is 11.4 Å². The topological polar surface area (TPSA) is 23.6 Å². The first kappa shape index (κ1) is 14.2. The maximum atomic E-state index is 12.4. The number of Topliss-reactive ketones (excluding diaryl/α,β-unsaturated/α-hetero) is 1. The van der Waals surface area contributed by atoms with Crippen LogP contribution in [0.15, 0.2) is 12.1 Å². The van der Waals surface area contributed by atoms with E-state index in [0.29, 0.717) is 18.4 Å². The molecule has 0 N–H and O–H groups in total. The SMILES string of the molecule is CCc1ccc(C(=O)CN2CCCN3CCCC3C2)s1. The Morgan fingerprint density at radius 1 is 1.30 bits per heavy atom. The highest BCUT2D eigenvalue weighted by Gasteiger charge is 2.29. The van der Waals surface area contributed by atoms with Gasteiger partial charge < -0.3 is 0 Å².